The zero-order valence-electron chi connectivity index (χ0n) is 20.7. The van der Waals surface area contributed by atoms with E-state index in [2.05, 4.69) is 73.1 Å². The van der Waals surface area contributed by atoms with Gasteiger partial charge in [0, 0.05) is 43.1 Å². The molecule has 0 bridgehead atoms. The molecule has 2 atom stereocenters. The van der Waals surface area contributed by atoms with E-state index in [1.165, 1.54) is 12.8 Å². The standard InChI is InChI=1S/C29H29ClN6S/c1-20-11-16-34(17-12-20)25-10-9-21(18-23(25)30)36-28(27(33-29(36)37)24-7-2-3-14-32-24)26-8-5-15-35(26)22-6-4-13-31-19-22/h2-10,13-15,18-20,27-28H,11-12,16-17H2,1H3,(H,33,37)/t27-,28-/m0/s1. The summed E-state index contributed by atoms with van der Waals surface area (Å²) in [6.07, 6.45) is 9.93. The smallest absolute Gasteiger partial charge is 0.174 e. The van der Waals surface area contributed by atoms with Crippen molar-refractivity contribution in [1.29, 1.82) is 0 Å². The number of anilines is 2. The van der Waals surface area contributed by atoms with Gasteiger partial charge in [0.1, 0.15) is 6.04 Å². The first-order valence-electron chi connectivity index (χ1n) is 12.7. The summed E-state index contributed by atoms with van der Waals surface area (Å²) in [4.78, 5) is 13.6. The molecule has 4 aromatic rings. The normalized spacial score (nSPS) is 20.3. The number of benzene rings is 1. The minimum absolute atomic E-state index is 0.138. The average Bonchev–Trinajstić information content (AvgIpc) is 3.54. The summed E-state index contributed by atoms with van der Waals surface area (Å²) < 4.78 is 2.17. The Bertz CT molecular complexity index is 1380. The highest BCUT2D eigenvalue weighted by molar-refractivity contribution is 7.80. The van der Waals surface area contributed by atoms with Crippen LogP contribution in [0.15, 0.2) is 85.5 Å². The number of aromatic nitrogens is 3. The zero-order chi connectivity index (χ0) is 25.4. The van der Waals surface area contributed by atoms with E-state index in [-0.39, 0.29) is 12.1 Å². The summed E-state index contributed by atoms with van der Waals surface area (Å²) in [6, 6.07) is 20.2. The van der Waals surface area contributed by atoms with Gasteiger partial charge in [0.15, 0.2) is 5.11 Å². The van der Waals surface area contributed by atoms with Gasteiger partial charge in [-0.3, -0.25) is 9.97 Å². The molecule has 188 valence electrons. The molecule has 6 rings (SSSR count). The van der Waals surface area contributed by atoms with E-state index in [9.17, 15) is 0 Å². The number of rotatable bonds is 5. The van der Waals surface area contributed by atoms with Gasteiger partial charge in [0.2, 0.25) is 0 Å². The molecule has 2 fully saturated rings. The fraction of sp³-hybridized carbons (Fsp3) is 0.276. The van der Waals surface area contributed by atoms with Crippen LogP contribution in [0.5, 0.6) is 0 Å². The molecule has 1 aromatic carbocycles. The predicted molar refractivity (Wildman–Crippen MR) is 154 cm³/mol. The van der Waals surface area contributed by atoms with Crippen molar-refractivity contribution < 1.29 is 0 Å². The van der Waals surface area contributed by atoms with Crippen molar-refractivity contribution in [3.05, 3.63) is 102 Å². The molecule has 0 saturated carbocycles. The fourth-order valence-electron chi connectivity index (χ4n) is 5.45. The van der Waals surface area contributed by atoms with E-state index in [1.807, 2.05) is 42.7 Å². The van der Waals surface area contributed by atoms with Crippen LogP contribution >= 0.6 is 23.8 Å². The van der Waals surface area contributed by atoms with E-state index in [4.69, 9.17) is 23.8 Å². The van der Waals surface area contributed by atoms with Gasteiger partial charge in [-0.25, -0.2) is 0 Å². The molecule has 0 amide bonds. The Kier molecular flexibility index (Phi) is 6.57. The Balaban J connectivity index is 1.42. The topological polar surface area (TPSA) is 49.2 Å². The van der Waals surface area contributed by atoms with Gasteiger partial charge in [0.25, 0.3) is 0 Å². The summed E-state index contributed by atoms with van der Waals surface area (Å²) in [5.74, 6) is 0.766. The maximum Gasteiger partial charge on any atom is 0.174 e. The molecular weight excluding hydrogens is 500 g/mol. The van der Waals surface area contributed by atoms with Gasteiger partial charge in [0.05, 0.1) is 34.3 Å². The number of hydrogen-bond donors (Lipinski definition) is 1. The highest BCUT2D eigenvalue weighted by Gasteiger charge is 2.42. The number of hydrogen-bond acceptors (Lipinski definition) is 4. The van der Waals surface area contributed by atoms with Crippen molar-refractivity contribution >= 4 is 40.3 Å². The molecule has 1 N–H and O–H groups in total. The molecule has 6 nitrogen and oxygen atoms in total. The lowest BCUT2D eigenvalue weighted by molar-refractivity contribution is 0.438. The van der Waals surface area contributed by atoms with Crippen LogP contribution in [-0.2, 0) is 0 Å². The molecule has 3 aromatic heterocycles. The van der Waals surface area contributed by atoms with Gasteiger partial charge < -0.3 is 19.7 Å². The SMILES string of the molecule is CC1CCN(c2ccc(N3C(=S)N[C@@H](c4ccccn4)[C@@H]3c3cccn3-c3cccnc3)cc2Cl)CC1. The van der Waals surface area contributed by atoms with E-state index in [0.717, 1.165) is 52.5 Å². The van der Waals surface area contributed by atoms with Crippen LogP contribution in [0.25, 0.3) is 5.69 Å². The molecule has 37 heavy (non-hydrogen) atoms. The van der Waals surface area contributed by atoms with E-state index in [0.29, 0.717) is 5.11 Å². The number of pyridine rings is 2. The minimum Gasteiger partial charge on any atom is -0.370 e. The number of piperidine rings is 1. The molecule has 0 unspecified atom stereocenters. The number of nitrogens with zero attached hydrogens (tertiary/aromatic N) is 5. The lowest BCUT2D eigenvalue weighted by Crippen LogP contribution is -2.33. The summed E-state index contributed by atoms with van der Waals surface area (Å²) in [7, 11) is 0. The highest BCUT2D eigenvalue weighted by Crippen LogP contribution is 2.44. The number of nitrogens with one attached hydrogen (secondary N) is 1. The lowest BCUT2D eigenvalue weighted by Gasteiger charge is -2.33. The summed E-state index contributed by atoms with van der Waals surface area (Å²) in [6.45, 7) is 4.39. The minimum atomic E-state index is -0.143. The van der Waals surface area contributed by atoms with Crippen molar-refractivity contribution in [2.75, 3.05) is 22.9 Å². The van der Waals surface area contributed by atoms with Crippen LogP contribution in [0.3, 0.4) is 0 Å². The van der Waals surface area contributed by atoms with Crippen molar-refractivity contribution in [2.24, 2.45) is 5.92 Å². The Morgan fingerprint density at radius 3 is 2.57 bits per heavy atom. The fourth-order valence-corrected chi connectivity index (χ4v) is 6.09. The van der Waals surface area contributed by atoms with Crippen LogP contribution in [0.4, 0.5) is 11.4 Å². The predicted octanol–water partition coefficient (Wildman–Crippen LogP) is 6.33. The molecule has 5 heterocycles. The second-order valence-electron chi connectivity index (χ2n) is 9.82. The van der Waals surface area contributed by atoms with Crippen molar-refractivity contribution in [1.82, 2.24) is 19.9 Å². The molecular formula is C29H29ClN6S. The molecule has 2 saturated heterocycles. The van der Waals surface area contributed by atoms with Crippen LogP contribution in [0.1, 0.15) is 43.2 Å². The van der Waals surface area contributed by atoms with Crippen LogP contribution in [0.2, 0.25) is 5.02 Å². The van der Waals surface area contributed by atoms with Gasteiger partial charge in [-0.2, -0.15) is 0 Å². The molecule has 8 heteroatoms. The van der Waals surface area contributed by atoms with Crippen molar-refractivity contribution in [3.63, 3.8) is 0 Å². The average molecular weight is 529 g/mol. The van der Waals surface area contributed by atoms with Gasteiger partial charge >= 0.3 is 0 Å². The Morgan fingerprint density at radius 2 is 1.84 bits per heavy atom. The molecule has 2 aliphatic rings. The Morgan fingerprint density at radius 1 is 0.973 bits per heavy atom. The monoisotopic (exact) mass is 528 g/mol. The number of thiocarbonyl (C=S) groups is 1. The van der Waals surface area contributed by atoms with Crippen LogP contribution in [0, 0.1) is 5.92 Å². The van der Waals surface area contributed by atoms with Gasteiger partial charge in [-0.05, 0) is 85.6 Å². The second-order valence-corrected chi connectivity index (χ2v) is 10.6. The first kappa shape index (κ1) is 23.9. The summed E-state index contributed by atoms with van der Waals surface area (Å²) >= 11 is 12.9. The lowest BCUT2D eigenvalue weighted by atomic mass is 9.98. The molecule has 0 aliphatic carbocycles. The molecule has 0 radical (unpaired) electrons. The molecule has 0 spiro atoms. The maximum atomic E-state index is 6.92. The second kappa shape index (κ2) is 10.1. The van der Waals surface area contributed by atoms with Gasteiger partial charge in [-0.15, -0.1) is 0 Å². The first-order chi connectivity index (χ1) is 18.1. The Hall–Kier alpha value is -3.42. The van der Waals surface area contributed by atoms with E-state index >= 15 is 0 Å². The Labute approximate surface area is 227 Å². The van der Waals surface area contributed by atoms with Gasteiger partial charge in [-0.1, -0.05) is 24.6 Å². The summed E-state index contributed by atoms with van der Waals surface area (Å²) in [5, 5.41) is 4.95. The number of halogens is 1. The van der Waals surface area contributed by atoms with E-state index in [1.54, 1.807) is 6.20 Å². The van der Waals surface area contributed by atoms with Crippen LogP contribution < -0.4 is 15.1 Å². The summed E-state index contributed by atoms with van der Waals surface area (Å²) in [5.41, 5.74) is 5.06. The largest absolute Gasteiger partial charge is 0.370 e. The third kappa shape index (κ3) is 4.58. The maximum absolute atomic E-state index is 6.92. The van der Waals surface area contributed by atoms with Crippen molar-refractivity contribution in [2.45, 2.75) is 31.8 Å². The quantitative estimate of drug-likeness (QED) is 0.305. The zero-order valence-corrected chi connectivity index (χ0v) is 22.2. The highest BCUT2D eigenvalue weighted by atomic mass is 35.5. The third-order valence-corrected chi connectivity index (χ3v) is 8.06. The van der Waals surface area contributed by atoms with Crippen molar-refractivity contribution in [3.8, 4) is 5.69 Å². The van der Waals surface area contributed by atoms with Crippen LogP contribution in [-0.4, -0.2) is 32.7 Å². The third-order valence-electron chi connectivity index (χ3n) is 7.44. The first-order valence-corrected chi connectivity index (χ1v) is 13.5. The molecule has 2 aliphatic heterocycles. The van der Waals surface area contributed by atoms with E-state index < -0.39 is 0 Å².